The van der Waals surface area contributed by atoms with Crippen molar-refractivity contribution in [1.82, 2.24) is 29.7 Å². The third kappa shape index (κ3) is 5.78. The molecular weight excluding hydrogens is 594 g/mol. The van der Waals surface area contributed by atoms with Crippen LogP contribution in [-0.2, 0) is 20.3 Å². The molecule has 0 aliphatic carbocycles. The fraction of sp³-hybridized carbons (Fsp3) is 0.370. The second kappa shape index (κ2) is 11.9. The minimum Gasteiger partial charge on any atom is -0.485 e. The van der Waals surface area contributed by atoms with Crippen molar-refractivity contribution in [3.05, 3.63) is 76.7 Å². The first-order chi connectivity index (χ1) is 20.0. The molecule has 0 radical (unpaired) electrons. The molecule has 0 spiro atoms. The molecule has 0 saturated carbocycles. The maximum atomic E-state index is 15.1. The second-order valence-corrected chi connectivity index (χ2v) is 12.7. The van der Waals surface area contributed by atoms with Crippen molar-refractivity contribution in [2.24, 2.45) is 0 Å². The van der Waals surface area contributed by atoms with E-state index in [4.69, 9.17) is 25.8 Å². The number of halogens is 3. The standard InChI is InChI=1S/C27H27ClF2N6O5S/c1-14(2)41-23(25-32-10-16(28)11-33-25)15(3)42(37,38)13-22-34-35-26-19-7-8-31-27(39-4)24(19)40-12-21(36(22)26)18-6-5-17(29)9-20(18)30/h5-11,14-15,21,23H,12-13H2,1-4H3/t15-,21+,23+/m0/s1. The minimum absolute atomic E-state index is 0.0122. The molecule has 3 aromatic heterocycles. The summed E-state index contributed by atoms with van der Waals surface area (Å²) in [5.41, 5.74) is 0.464. The van der Waals surface area contributed by atoms with Crippen molar-refractivity contribution in [1.29, 1.82) is 0 Å². The Kier molecular flexibility index (Phi) is 8.39. The lowest BCUT2D eigenvalue weighted by Crippen LogP contribution is -2.32. The van der Waals surface area contributed by atoms with Gasteiger partial charge < -0.3 is 14.2 Å². The van der Waals surface area contributed by atoms with Gasteiger partial charge in [-0.25, -0.2) is 32.2 Å². The Balaban J connectivity index is 1.60. The summed E-state index contributed by atoms with van der Waals surface area (Å²) in [7, 11) is -2.62. The lowest BCUT2D eigenvalue weighted by Gasteiger charge is -2.26. The molecule has 3 atom stereocenters. The molecule has 42 heavy (non-hydrogen) atoms. The van der Waals surface area contributed by atoms with Gasteiger partial charge in [0.25, 0.3) is 5.88 Å². The summed E-state index contributed by atoms with van der Waals surface area (Å²) in [6.45, 7) is 4.85. The largest absolute Gasteiger partial charge is 0.485 e. The normalized spacial score (nSPS) is 16.2. The van der Waals surface area contributed by atoms with Crippen LogP contribution in [0.2, 0.25) is 5.02 Å². The van der Waals surface area contributed by atoms with Crippen molar-refractivity contribution >= 4 is 21.4 Å². The molecule has 0 bridgehead atoms. The SMILES string of the molecule is COc1nccc2c1OC[C@H](c1ccc(F)cc1F)n1c(CS(=O)(=O)[C@@H](C)[C@@H](OC(C)C)c3ncc(Cl)cn3)nnc1-2. The Bertz CT molecular complexity index is 1700. The molecule has 0 N–H and O–H groups in total. The molecule has 11 nitrogen and oxygen atoms in total. The summed E-state index contributed by atoms with van der Waals surface area (Å²) in [5.74, 6) is -1.45. The molecule has 0 amide bonds. The van der Waals surface area contributed by atoms with E-state index >= 15 is 4.39 Å². The molecule has 1 aliphatic rings. The molecule has 4 aromatic rings. The van der Waals surface area contributed by atoms with Crippen molar-refractivity contribution in [3.63, 3.8) is 0 Å². The predicted octanol–water partition coefficient (Wildman–Crippen LogP) is 4.52. The Hall–Kier alpha value is -3.75. The lowest BCUT2D eigenvalue weighted by molar-refractivity contribution is 0.00142. The van der Waals surface area contributed by atoms with E-state index in [-0.39, 0.29) is 52.4 Å². The number of hydrogen-bond acceptors (Lipinski definition) is 10. The van der Waals surface area contributed by atoms with Crippen LogP contribution in [0.4, 0.5) is 8.78 Å². The molecule has 5 rings (SSSR count). The van der Waals surface area contributed by atoms with E-state index in [9.17, 15) is 12.8 Å². The van der Waals surface area contributed by atoms with Crippen molar-refractivity contribution in [3.8, 4) is 23.0 Å². The topological polar surface area (TPSA) is 131 Å². The van der Waals surface area contributed by atoms with Crippen molar-refractivity contribution in [2.45, 2.75) is 50.0 Å². The summed E-state index contributed by atoms with van der Waals surface area (Å²) in [6, 6.07) is 3.78. The zero-order valence-electron chi connectivity index (χ0n) is 23.0. The summed E-state index contributed by atoms with van der Waals surface area (Å²) in [5, 5.41) is 7.66. The number of nitrogens with zero attached hydrogens (tertiary/aromatic N) is 6. The Morgan fingerprint density at radius 1 is 1.12 bits per heavy atom. The molecule has 4 heterocycles. The smallest absolute Gasteiger partial charge is 0.257 e. The zero-order chi connectivity index (χ0) is 30.2. The molecule has 0 fully saturated rings. The summed E-state index contributed by atoms with van der Waals surface area (Å²) in [4.78, 5) is 12.5. The fourth-order valence-electron chi connectivity index (χ4n) is 4.70. The number of benzene rings is 1. The molecule has 1 aromatic carbocycles. The summed E-state index contributed by atoms with van der Waals surface area (Å²) >= 11 is 5.93. The van der Waals surface area contributed by atoms with Crippen LogP contribution in [0, 0.1) is 11.6 Å². The van der Waals surface area contributed by atoms with Crippen LogP contribution >= 0.6 is 11.6 Å². The van der Waals surface area contributed by atoms with Gasteiger partial charge in [-0.15, -0.1) is 10.2 Å². The van der Waals surface area contributed by atoms with Gasteiger partial charge in [0.05, 0.1) is 35.1 Å². The van der Waals surface area contributed by atoms with Crippen LogP contribution < -0.4 is 9.47 Å². The van der Waals surface area contributed by atoms with Gasteiger partial charge in [0, 0.05) is 30.2 Å². The fourth-order valence-corrected chi connectivity index (χ4v) is 6.18. The Morgan fingerprint density at radius 2 is 1.86 bits per heavy atom. The highest BCUT2D eigenvalue weighted by molar-refractivity contribution is 7.91. The minimum atomic E-state index is -4.04. The van der Waals surface area contributed by atoms with E-state index in [2.05, 4.69) is 25.1 Å². The van der Waals surface area contributed by atoms with Crippen molar-refractivity contribution < 1.29 is 31.4 Å². The molecule has 222 valence electrons. The average molecular weight is 621 g/mol. The van der Waals surface area contributed by atoms with Gasteiger partial charge in [-0.1, -0.05) is 17.7 Å². The quantitative estimate of drug-likeness (QED) is 0.263. The number of rotatable bonds is 9. The molecular formula is C27H27ClF2N6O5S. The van der Waals surface area contributed by atoms with Crippen molar-refractivity contribution in [2.75, 3.05) is 13.7 Å². The number of ether oxygens (including phenoxy) is 3. The number of sulfone groups is 1. The van der Waals surface area contributed by atoms with Gasteiger partial charge in [-0.3, -0.25) is 4.57 Å². The van der Waals surface area contributed by atoms with Crippen LogP contribution in [0.25, 0.3) is 11.4 Å². The van der Waals surface area contributed by atoms with Crippen LogP contribution in [0.5, 0.6) is 11.6 Å². The van der Waals surface area contributed by atoms with Gasteiger partial charge in [0.2, 0.25) is 0 Å². The van der Waals surface area contributed by atoms with Gasteiger partial charge in [-0.05, 0) is 32.9 Å². The van der Waals surface area contributed by atoms with Crippen LogP contribution in [0.3, 0.4) is 0 Å². The van der Waals surface area contributed by atoms with Crippen LogP contribution in [0.1, 0.15) is 50.1 Å². The number of hydrogen-bond donors (Lipinski definition) is 0. The number of pyridine rings is 1. The van der Waals surface area contributed by atoms with Gasteiger partial charge in [-0.2, -0.15) is 0 Å². The maximum Gasteiger partial charge on any atom is 0.257 e. The second-order valence-electron chi connectivity index (χ2n) is 9.88. The van der Waals surface area contributed by atoms with E-state index in [1.807, 2.05) is 0 Å². The Morgan fingerprint density at radius 3 is 2.52 bits per heavy atom. The van der Waals surface area contributed by atoms with E-state index in [0.29, 0.717) is 5.56 Å². The van der Waals surface area contributed by atoms with E-state index in [1.54, 1.807) is 19.9 Å². The monoisotopic (exact) mass is 620 g/mol. The average Bonchev–Trinajstić information content (AvgIpc) is 3.26. The third-order valence-electron chi connectivity index (χ3n) is 6.73. The highest BCUT2D eigenvalue weighted by Crippen LogP contribution is 2.42. The van der Waals surface area contributed by atoms with Gasteiger partial charge in [0.15, 0.2) is 27.2 Å². The summed E-state index contributed by atoms with van der Waals surface area (Å²) < 4.78 is 75.6. The van der Waals surface area contributed by atoms with Gasteiger partial charge >= 0.3 is 0 Å². The number of methoxy groups -OCH3 is 1. The number of fused-ring (bicyclic) bond motifs is 3. The highest BCUT2D eigenvalue weighted by Gasteiger charge is 2.38. The molecule has 0 saturated heterocycles. The molecule has 0 unspecified atom stereocenters. The predicted molar refractivity (Wildman–Crippen MR) is 148 cm³/mol. The first-order valence-electron chi connectivity index (χ1n) is 12.9. The molecule has 15 heteroatoms. The third-order valence-corrected chi connectivity index (χ3v) is 8.96. The maximum absolute atomic E-state index is 15.1. The lowest BCUT2D eigenvalue weighted by atomic mass is 10.1. The first kappa shape index (κ1) is 29.7. The first-order valence-corrected chi connectivity index (χ1v) is 15.0. The van der Waals surface area contributed by atoms with E-state index in [1.165, 1.54) is 43.3 Å². The van der Waals surface area contributed by atoms with Crippen LogP contribution in [0.15, 0.2) is 42.9 Å². The molecule has 1 aliphatic heterocycles. The van der Waals surface area contributed by atoms with E-state index < -0.39 is 44.6 Å². The summed E-state index contributed by atoms with van der Waals surface area (Å²) in [6.07, 6.45) is 2.82. The Labute approximate surface area is 245 Å². The highest BCUT2D eigenvalue weighted by atomic mass is 35.5. The van der Waals surface area contributed by atoms with Crippen LogP contribution in [-0.4, -0.2) is 63.2 Å². The number of aromatic nitrogens is 6. The van der Waals surface area contributed by atoms with Gasteiger partial charge in [0.1, 0.15) is 35.9 Å². The van der Waals surface area contributed by atoms with E-state index in [0.717, 1.165) is 12.1 Å². The zero-order valence-corrected chi connectivity index (χ0v) is 24.6.